The highest BCUT2D eigenvalue weighted by atomic mass is 16.3. The molecule has 0 spiro atoms. The molecule has 0 bridgehead atoms. The van der Waals surface area contributed by atoms with Gasteiger partial charge in [0.1, 0.15) is 17.5 Å². The zero-order valence-electron chi connectivity index (χ0n) is 11.6. The van der Waals surface area contributed by atoms with E-state index in [2.05, 4.69) is 29.9 Å². The number of aromatic nitrogens is 2. The van der Waals surface area contributed by atoms with E-state index in [9.17, 15) is 10.4 Å². The number of nitrogens with zero attached hydrogens (tertiary/aromatic N) is 4. The zero-order chi connectivity index (χ0) is 13.7. The Hall–Kier alpha value is -1.54. The van der Waals surface area contributed by atoms with E-state index in [0.717, 1.165) is 24.4 Å². The van der Waals surface area contributed by atoms with Crippen LogP contribution in [0, 0.1) is 18.3 Å². The Bertz CT molecular complexity index is 429. The molecule has 0 amide bonds. The normalized spacial score (nSPS) is 10.7. The minimum atomic E-state index is 0.0750. The van der Waals surface area contributed by atoms with Gasteiger partial charge in [-0.2, -0.15) is 10.4 Å². The lowest BCUT2D eigenvalue weighted by molar-refractivity contribution is 0.295. The van der Waals surface area contributed by atoms with Gasteiger partial charge in [-0.15, -0.1) is 0 Å². The van der Waals surface area contributed by atoms with Crippen LogP contribution >= 0.6 is 0 Å². The Labute approximate surface area is 109 Å². The van der Waals surface area contributed by atoms with Crippen molar-refractivity contribution in [2.75, 3.05) is 18.1 Å². The molecule has 1 heterocycles. The quantitative estimate of drug-likeness (QED) is 0.832. The van der Waals surface area contributed by atoms with E-state index in [1.165, 1.54) is 0 Å². The number of anilines is 1. The van der Waals surface area contributed by atoms with Gasteiger partial charge < -0.3 is 10.0 Å². The van der Waals surface area contributed by atoms with Gasteiger partial charge in [-0.05, 0) is 19.8 Å². The molecule has 0 fully saturated rings. The van der Waals surface area contributed by atoms with Crippen LogP contribution < -0.4 is 4.90 Å². The molecule has 0 radical (unpaired) electrons. The van der Waals surface area contributed by atoms with Crippen LogP contribution in [0.5, 0.6) is 0 Å². The highest BCUT2D eigenvalue weighted by molar-refractivity contribution is 5.57. The van der Waals surface area contributed by atoms with Crippen molar-refractivity contribution in [1.29, 1.82) is 5.26 Å². The van der Waals surface area contributed by atoms with E-state index in [4.69, 9.17) is 0 Å². The molecule has 1 aromatic rings. The fourth-order valence-corrected chi connectivity index (χ4v) is 2.40. The molecule has 0 aliphatic rings. The summed E-state index contributed by atoms with van der Waals surface area (Å²) in [5, 5.41) is 22.8. The van der Waals surface area contributed by atoms with Gasteiger partial charge in [-0.1, -0.05) is 13.8 Å². The molecule has 0 aliphatic heterocycles. The molecule has 0 aliphatic carbocycles. The molecule has 18 heavy (non-hydrogen) atoms. The van der Waals surface area contributed by atoms with Crippen LogP contribution in [0.25, 0.3) is 0 Å². The summed E-state index contributed by atoms with van der Waals surface area (Å²) in [6, 6.07) is 2.54. The highest BCUT2D eigenvalue weighted by Crippen LogP contribution is 2.25. The van der Waals surface area contributed by atoms with Crippen molar-refractivity contribution in [3.63, 3.8) is 0 Å². The number of nitriles is 1. The number of hydrogen-bond donors (Lipinski definition) is 1. The third kappa shape index (κ3) is 2.65. The first-order valence-corrected chi connectivity index (χ1v) is 6.41. The molecule has 5 nitrogen and oxygen atoms in total. The van der Waals surface area contributed by atoms with Gasteiger partial charge in [0, 0.05) is 19.6 Å². The summed E-state index contributed by atoms with van der Waals surface area (Å²) >= 11 is 0. The van der Waals surface area contributed by atoms with Crippen molar-refractivity contribution in [2.45, 2.75) is 39.7 Å². The largest absolute Gasteiger partial charge is 0.395 e. The van der Waals surface area contributed by atoms with Gasteiger partial charge in [0.2, 0.25) is 0 Å². The van der Waals surface area contributed by atoms with Crippen molar-refractivity contribution in [1.82, 2.24) is 9.78 Å². The topological polar surface area (TPSA) is 65.1 Å². The first-order chi connectivity index (χ1) is 8.60. The minimum absolute atomic E-state index is 0.0750. The zero-order valence-corrected chi connectivity index (χ0v) is 11.6. The summed E-state index contributed by atoms with van der Waals surface area (Å²) in [7, 11) is 1.84. The molecule has 0 saturated heterocycles. The number of aliphatic hydroxyl groups excluding tert-OH is 1. The van der Waals surface area contributed by atoms with Crippen LogP contribution in [0.2, 0.25) is 0 Å². The summed E-state index contributed by atoms with van der Waals surface area (Å²) in [4.78, 5) is 2.10. The van der Waals surface area contributed by atoms with E-state index in [0.29, 0.717) is 18.2 Å². The Balaban J connectivity index is 3.25. The predicted molar refractivity (Wildman–Crippen MR) is 71.5 cm³/mol. The Morgan fingerprint density at radius 3 is 2.50 bits per heavy atom. The third-order valence-electron chi connectivity index (χ3n) is 3.30. The van der Waals surface area contributed by atoms with E-state index < -0.39 is 0 Å². The first-order valence-electron chi connectivity index (χ1n) is 6.41. The van der Waals surface area contributed by atoms with E-state index in [-0.39, 0.29) is 6.61 Å². The Morgan fingerprint density at radius 2 is 2.06 bits per heavy atom. The summed E-state index contributed by atoms with van der Waals surface area (Å²) in [6.07, 6.45) is 1.96. The van der Waals surface area contributed by atoms with Crippen molar-refractivity contribution in [2.24, 2.45) is 7.05 Å². The molecule has 0 aromatic carbocycles. The van der Waals surface area contributed by atoms with Crippen molar-refractivity contribution in [3.8, 4) is 6.07 Å². The maximum atomic E-state index is 9.26. The summed E-state index contributed by atoms with van der Waals surface area (Å²) in [5.74, 6) is 0.817. The van der Waals surface area contributed by atoms with E-state index in [1.54, 1.807) is 4.68 Å². The van der Waals surface area contributed by atoms with E-state index >= 15 is 0 Å². The average molecular weight is 250 g/mol. The molecule has 0 atom stereocenters. The van der Waals surface area contributed by atoms with Crippen LogP contribution in [0.15, 0.2) is 0 Å². The smallest absolute Gasteiger partial charge is 0.145 e. The van der Waals surface area contributed by atoms with Gasteiger partial charge in [0.05, 0.1) is 12.3 Å². The second kappa shape index (κ2) is 6.41. The standard InChI is InChI=1S/C13H22N4O/c1-5-11(6-2)17(7-8-18)13-12(9-14)10(3)15-16(13)4/h11,18H,5-8H2,1-4H3. The average Bonchev–Trinajstić information content (AvgIpc) is 2.63. The number of hydrogen-bond acceptors (Lipinski definition) is 4. The number of aryl methyl sites for hydroxylation is 2. The predicted octanol–water partition coefficient (Wildman–Crippen LogP) is 1.59. The van der Waals surface area contributed by atoms with Gasteiger partial charge in [-0.3, -0.25) is 4.68 Å². The highest BCUT2D eigenvalue weighted by Gasteiger charge is 2.23. The summed E-state index contributed by atoms with van der Waals surface area (Å²) in [6.45, 7) is 6.68. The lowest BCUT2D eigenvalue weighted by Crippen LogP contribution is -2.38. The van der Waals surface area contributed by atoms with Crippen molar-refractivity contribution >= 4 is 5.82 Å². The molecule has 100 valence electrons. The van der Waals surface area contributed by atoms with Gasteiger partial charge in [0.15, 0.2) is 0 Å². The van der Waals surface area contributed by atoms with Crippen LogP contribution in [0.3, 0.4) is 0 Å². The molecule has 5 heteroatoms. The molecule has 0 unspecified atom stereocenters. The second-order valence-corrected chi connectivity index (χ2v) is 4.41. The lowest BCUT2D eigenvalue weighted by Gasteiger charge is -2.32. The van der Waals surface area contributed by atoms with Crippen LogP contribution in [0.1, 0.15) is 37.9 Å². The van der Waals surface area contributed by atoms with E-state index in [1.807, 2.05) is 14.0 Å². The summed E-state index contributed by atoms with van der Waals surface area (Å²) in [5.41, 5.74) is 1.35. The second-order valence-electron chi connectivity index (χ2n) is 4.41. The van der Waals surface area contributed by atoms with Crippen LogP contribution in [0.4, 0.5) is 5.82 Å². The van der Waals surface area contributed by atoms with Crippen molar-refractivity contribution < 1.29 is 5.11 Å². The molecular formula is C13H22N4O. The first kappa shape index (κ1) is 14.5. The maximum Gasteiger partial charge on any atom is 0.145 e. The molecular weight excluding hydrogens is 228 g/mol. The molecule has 1 aromatic heterocycles. The third-order valence-corrected chi connectivity index (χ3v) is 3.30. The maximum absolute atomic E-state index is 9.26. The number of aliphatic hydroxyl groups is 1. The SMILES string of the molecule is CCC(CC)N(CCO)c1c(C#N)c(C)nn1C. The Morgan fingerprint density at radius 1 is 1.44 bits per heavy atom. The molecule has 0 saturated carbocycles. The van der Waals surface area contributed by atoms with Gasteiger partial charge >= 0.3 is 0 Å². The molecule has 1 N–H and O–H groups in total. The number of rotatable bonds is 6. The van der Waals surface area contributed by atoms with Gasteiger partial charge in [0.25, 0.3) is 0 Å². The minimum Gasteiger partial charge on any atom is -0.395 e. The van der Waals surface area contributed by atoms with Gasteiger partial charge in [-0.25, -0.2) is 0 Å². The molecule has 1 rings (SSSR count). The van der Waals surface area contributed by atoms with Crippen LogP contribution in [-0.2, 0) is 7.05 Å². The van der Waals surface area contributed by atoms with Crippen LogP contribution in [-0.4, -0.2) is 34.1 Å². The van der Waals surface area contributed by atoms with Crippen molar-refractivity contribution in [3.05, 3.63) is 11.3 Å². The Kier molecular flexibility index (Phi) is 5.17. The summed E-state index contributed by atoms with van der Waals surface area (Å²) < 4.78 is 1.74. The lowest BCUT2D eigenvalue weighted by atomic mass is 10.1. The fraction of sp³-hybridized carbons (Fsp3) is 0.692. The fourth-order valence-electron chi connectivity index (χ4n) is 2.40. The monoisotopic (exact) mass is 250 g/mol.